The zero-order valence-electron chi connectivity index (χ0n) is 23.5. The van der Waals surface area contributed by atoms with Crippen LogP contribution in [-0.2, 0) is 0 Å². The molecule has 216 valence electrons. The fourth-order valence-corrected chi connectivity index (χ4v) is 6.49. The van der Waals surface area contributed by atoms with E-state index in [1.165, 1.54) is 28.6 Å². The smallest absolute Gasteiger partial charge is 0.263 e. The average molecular weight is 594 g/mol. The Kier molecular flexibility index (Phi) is 6.95. The van der Waals surface area contributed by atoms with E-state index >= 15 is 0 Å². The van der Waals surface area contributed by atoms with Crippen LogP contribution in [-0.4, -0.2) is 49.7 Å². The summed E-state index contributed by atoms with van der Waals surface area (Å²) in [5, 5.41) is 11.3. The summed E-state index contributed by atoms with van der Waals surface area (Å²) in [6, 6.07) is 22.1. The van der Waals surface area contributed by atoms with Crippen molar-refractivity contribution in [2.45, 2.75) is 24.8 Å². The number of aromatic nitrogens is 4. The molecule has 2 N–H and O–H groups in total. The maximum absolute atomic E-state index is 14.5. The highest BCUT2D eigenvalue weighted by Gasteiger charge is 2.27. The fourth-order valence-electron chi connectivity index (χ4n) is 6.14. The van der Waals surface area contributed by atoms with Crippen molar-refractivity contribution < 1.29 is 9.50 Å². The van der Waals surface area contributed by atoms with E-state index in [1.807, 2.05) is 30.3 Å². The second kappa shape index (κ2) is 10.9. The summed E-state index contributed by atoms with van der Waals surface area (Å²) in [7, 11) is 2.16. The van der Waals surface area contributed by atoms with Gasteiger partial charge < -0.3 is 15.0 Å². The third kappa shape index (κ3) is 4.96. The van der Waals surface area contributed by atoms with Crippen molar-refractivity contribution in [3.63, 3.8) is 0 Å². The number of nitrogens with one attached hydrogen (secondary N) is 1. The molecule has 4 aromatic carbocycles. The summed E-state index contributed by atoms with van der Waals surface area (Å²) in [4.78, 5) is 29.1. The standard InChI is InChI=1S/C34H29ClFN5O2/c1-40-16-14-21(15-17-40)20-6-8-22(9-7-20)24-11-12-28-30(31(24)35)34(43)41(19-37-28)32(25-18-23(36)10-13-29(25)42)33-38-26-4-2-3-5-27(26)39-33/h2-13,18-19,21,32,42H,14-17H2,1H3,(H,38,39). The summed E-state index contributed by atoms with van der Waals surface area (Å²) < 4.78 is 15.8. The first-order chi connectivity index (χ1) is 20.9. The summed E-state index contributed by atoms with van der Waals surface area (Å²) in [6.07, 6.45) is 3.65. The Morgan fingerprint density at radius 2 is 1.77 bits per heavy atom. The first-order valence-corrected chi connectivity index (χ1v) is 14.7. The van der Waals surface area contributed by atoms with Crippen molar-refractivity contribution in [2.75, 3.05) is 20.1 Å². The lowest BCUT2D eigenvalue weighted by Gasteiger charge is -2.29. The number of imidazole rings is 1. The predicted molar refractivity (Wildman–Crippen MR) is 167 cm³/mol. The van der Waals surface area contributed by atoms with Gasteiger partial charge in [0.1, 0.15) is 23.4 Å². The maximum Gasteiger partial charge on any atom is 0.263 e. The second-order valence-corrected chi connectivity index (χ2v) is 11.6. The molecule has 7 rings (SSSR count). The molecule has 0 radical (unpaired) electrons. The van der Waals surface area contributed by atoms with Gasteiger partial charge in [-0.15, -0.1) is 0 Å². The highest BCUT2D eigenvalue weighted by atomic mass is 35.5. The topological polar surface area (TPSA) is 87.0 Å². The Bertz CT molecular complexity index is 2000. The van der Waals surface area contributed by atoms with Crippen molar-refractivity contribution in [1.82, 2.24) is 24.4 Å². The van der Waals surface area contributed by atoms with Crippen LogP contribution >= 0.6 is 11.6 Å². The molecule has 0 spiro atoms. The number of hydrogen-bond donors (Lipinski definition) is 2. The van der Waals surface area contributed by atoms with Gasteiger partial charge in [0.2, 0.25) is 0 Å². The van der Waals surface area contributed by atoms with E-state index in [9.17, 15) is 14.3 Å². The third-order valence-electron chi connectivity index (χ3n) is 8.53. The number of aromatic amines is 1. The molecule has 1 atom stereocenters. The Hall–Kier alpha value is -4.53. The molecule has 1 unspecified atom stereocenters. The number of para-hydroxylation sites is 2. The van der Waals surface area contributed by atoms with Crippen LogP contribution in [0, 0.1) is 5.82 Å². The monoisotopic (exact) mass is 593 g/mol. The van der Waals surface area contributed by atoms with Crippen molar-refractivity contribution in [1.29, 1.82) is 0 Å². The minimum atomic E-state index is -0.999. The number of nitrogens with zero attached hydrogens (tertiary/aromatic N) is 4. The Labute approximate surface area is 252 Å². The number of aromatic hydroxyl groups is 1. The number of fused-ring (bicyclic) bond motifs is 2. The molecule has 1 saturated heterocycles. The van der Waals surface area contributed by atoms with Crippen molar-refractivity contribution >= 4 is 33.5 Å². The Morgan fingerprint density at radius 1 is 1.00 bits per heavy atom. The Morgan fingerprint density at radius 3 is 2.53 bits per heavy atom. The SMILES string of the molecule is CN1CCC(c2ccc(-c3ccc4ncn(C(c5nc6ccccc6[nH]5)c5cc(F)ccc5O)c(=O)c4c3Cl)cc2)CC1. The van der Waals surface area contributed by atoms with Gasteiger partial charge in [0.15, 0.2) is 0 Å². The number of piperidine rings is 1. The molecule has 1 aliphatic rings. The first kappa shape index (κ1) is 27.3. The minimum absolute atomic E-state index is 0.166. The van der Waals surface area contributed by atoms with Crippen LogP contribution in [0.25, 0.3) is 33.1 Å². The maximum atomic E-state index is 14.5. The molecule has 0 saturated carbocycles. The molecule has 9 heteroatoms. The third-order valence-corrected chi connectivity index (χ3v) is 8.92. The van der Waals surface area contributed by atoms with Gasteiger partial charge in [-0.1, -0.05) is 54.1 Å². The zero-order valence-corrected chi connectivity index (χ0v) is 24.2. The van der Waals surface area contributed by atoms with E-state index in [2.05, 4.69) is 51.2 Å². The quantitative estimate of drug-likeness (QED) is 0.227. The normalized spacial score (nSPS) is 15.3. The first-order valence-electron chi connectivity index (χ1n) is 14.3. The van der Waals surface area contributed by atoms with E-state index in [4.69, 9.17) is 11.6 Å². The molecular weight excluding hydrogens is 565 g/mol. The predicted octanol–water partition coefficient (Wildman–Crippen LogP) is 6.88. The van der Waals surface area contributed by atoms with Crippen LogP contribution in [0.15, 0.2) is 90.0 Å². The van der Waals surface area contributed by atoms with E-state index in [0.29, 0.717) is 22.8 Å². The van der Waals surface area contributed by atoms with Crippen molar-refractivity contribution in [3.05, 3.63) is 123 Å². The lowest BCUT2D eigenvalue weighted by atomic mass is 9.88. The number of benzene rings is 4. The molecule has 43 heavy (non-hydrogen) atoms. The molecule has 2 aromatic heterocycles. The van der Waals surface area contributed by atoms with E-state index in [0.717, 1.165) is 48.6 Å². The van der Waals surface area contributed by atoms with Gasteiger partial charge in [-0.2, -0.15) is 0 Å². The second-order valence-electron chi connectivity index (χ2n) is 11.2. The highest BCUT2D eigenvalue weighted by Crippen LogP contribution is 2.36. The summed E-state index contributed by atoms with van der Waals surface area (Å²) >= 11 is 6.98. The lowest BCUT2D eigenvalue weighted by molar-refractivity contribution is 0.255. The number of rotatable bonds is 5. The number of hydrogen-bond acceptors (Lipinski definition) is 5. The van der Waals surface area contributed by atoms with Gasteiger partial charge in [0.05, 0.1) is 33.3 Å². The molecule has 1 fully saturated rings. The van der Waals surface area contributed by atoms with Crippen LogP contribution in [0.3, 0.4) is 0 Å². The minimum Gasteiger partial charge on any atom is -0.508 e. The highest BCUT2D eigenvalue weighted by molar-refractivity contribution is 6.38. The number of H-pyrrole nitrogens is 1. The van der Waals surface area contributed by atoms with E-state index < -0.39 is 17.4 Å². The van der Waals surface area contributed by atoms with Crippen LogP contribution in [0.1, 0.15) is 41.8 Å². The van der Waals surface area contributed by atoms with Gasteiger partial charge in [0.25, 0.3) is 5.56 Å². The molecule has 7 nitrogen and oxygen atoms in total. The molecule has 3 heterocycles. The van der Waals surface area contributed by atoms with Crippen LogP contribution in [0.5, 0.6) is 5.75 Å². The number of halogens is 2. The van der Waals surface area contributed by atoms with Gasteiger partial charge in [-0.05, 0) is 86.4 Å². The van der Waals surface area contributed by atoms with Crippen LogP contribution in [0.2, 0.25) is 5.02 Å². The molecule has 0 aliphatic carbocycles. The summed E-state index contributed by atoms with van der Waals surface area (Å²) in [5.74, 6) is 0.147. The average Bonchev–Trinajstić information content (AvgIpc) is 3.45. The van der Waals surface area contributed by atoms with Crippen molar-refractivity contribution in [2.24, 2.45) is 0 Å². The Balaban J connectivity index is 1.35. The van der Waals surface area contributed by atoms with Gasteiger partial charge >= 0.3 is 0 Å². The molecular formula is C34H29ClFN5O2. The molecule has 6 aromatic rings. The largest absolute Gasteiger partial charge is 0.508 e. The van der Waals surface area contributed by atoms with E-state index in [1.54, 1.807) is 6.07 Å². The van der Waals surface area contributed by atoms with Crippen LogP contribution < -0.4 is 5.56 Å². The van der Waals surface area contributed by atoms with Gasteiger partial charge in [-0.25, -0.2) is 14.4 Å². The number of likely N-dealkylation sites (tertiary alicyclic amines) is 1. The molecule has 0 bridgehead atoms. The number of phenols is 1. The summed E-state index contributed by atoms with van der Waals surface area (Å²) in [5.41, 5.74) is 4.50. The summed E-state index contributed by atoms with van der Waals surface area (Å²) in [6.45, 7) is 2.18. The van der Waals surface area contributed by atoms with Gasteiger partial charge in [0, 0.05) is 11.1 Å². The molecule has 0 amide bonds. The van der Waals surface area contributed by atoms with Gasteiger partial charge in [-0.3, -0.25) is 9.36 Å². The fraction of sp³-hybridized carbons (Fsp3) is 0.206. The lowest BCUT2D eigenvalue weighted by Crippen LogP contribution is -2.29. The molecule has 1 aliphatic heterocycles. The van der Waals surface area contributed by atoms with Crippen molar-refractivity contribution in [3.8, 4) is 16.9 Å². The van der Waals surface area contributed by atoms with E-state index in [-0.39, 0.29) is 21.7 Å². The zero-order chi connectivity index (χ0) is 29.7. The number of phenolic OH excluding ortho intramolecular Hbond substituents is 1. The van der Waals surface area contributed by atoms with Crippen LogP contribution in [0.4, 0.5) is 4.39 Å².